The van der Waals surface area contributed by atoms with Gasteiger partial charge in [0.1, 0.15) is 0 Å². The smallest absolute Gasteiger partial charge is 0.379 e. The highest BCUT2D eigenvalue weighted by Crippen LogP contribution is 2.43. The topological polar surface area (TPSA) is 20.2 Å². The summed E-state index contributed by atoms with van der Waals surface area (Å²) in [6, 6.07) is 0. The molecule has 1 nitrogen and oxygen atoms in total. The fourth-order valence-electron chi connectivity index (χ4n) is 0.361. The Balaban J connectivity index is 4.86. The zero-order valence-corrected chi connectivity index (χ0v) is 5.55. The molecule has 0 rings (SSSR count). The first kappa shape index (κ1) is 12.4. The van der Waals surface area contributed by atoms with Crippen LogP contribution in [0.4, 0.5) is 35.1 Å². The minimum atomic E-state index is -6.43. The first-order chi connectivity index (χ1) is 5.40. The van der Waals surface area contributed by atoms with Gasteiger partial charge in [-0.1, -0.05) is 0 Å². The van der Waals surface area contributed by atoms with Gasteiger partial charge < -0.3 is 5.11 Å². The highest BCUT2D eigenvalue weighted by atomic mass is 19.4. The van der Waals surface area contributed by atoms with Crippen LogP contribution in [0, 0.1) is 0 Å². The maximum atomic E-state index is 11.7. The molecular weight excluding hydrogens is 216 g/mol. The molecule has 1 atom stereocenters. The quantitative estimate of drug-likeness (QED) is 0.668. The summed E-state index contributed by atoms with van der Waals surface area (Å²) in [6.07, 6.45) is -17.2. The van der Waals surface area contributed by atoms with Gasteiger partial charge in [-0.3, -0.25) is 0 Å². The predicted molar refractivity (Wildman–Crippen MR) is 23.1 cm³/mol. The molecule has 0 unspecified atom stereocenters. The first-order valence-corrected chi connectivity index (χ1v) is 2.60. The lowest BCUT2D eigenvalue weighted by Crippen LogP contribution is -2.53. The molecule has 0 radical (unpaired) electrons. The summed E-state index contributed by atoms with van der Waals surface area (Å²) < 4.78 is 90.8. The van der Waals surface area contributed by atoms with Crippen molar-refractivity contribution in [1.29, 1.82) is 0 Å². The van der Waals surface area contributed by atoms with Gasteiger partial charge in [0.25, 0.3) is 0 Å². The van der Waals surface area contributed by atoms with Crippen molar-refractivity contribution in [2.75, 3.05) is 0 Å². The summed E-state index contributed by atoms with van der Waals surface area (Å²) in [5.74, 6) is -6.19. The maximum Gasteiger partial charge on any atom is 0.456 e. The van der Waals surface area contributed by atoms with Crippen LogP contribution in [-0.2, 0) is 0 Å². The summed E-state index contributed by atoms with van der Waals surface area (Å²) >= 11 is 0. The van der Waals surface area contributed by atoms with E-state index in [1.807, 2.05) is 0 Å². The van der Waals surface area contributed by atoms with Crippen LogP contribution in [-0.4, -0.2) is 29.5 Å². The van der Waals surface area contributed by atoms with E-state index in [1.165, 1.54) is 0 Å². The molecule has 0 aromatic carbocycles. The van der Waals surface area contributed by atoms with E-state index in [1.54, 1.807) is 0 Å². The van der Waals surface area contributed by atoms with Crippen LogP contribution in [0.3, 0.4) is 0 Å². The van der Waals surface area contributed by atoms with Crippen molar-refractivity contribution in [1.82, 2.24) is 0 Å². The van der Waals surface area contributed by atoms with Gasteiger partial charge >= 0.3 is 18.3 Å². The molecule has 80 valence electrons. The number of rotatable bonds is 1. The molecular formula is C4H2F8O. The van der Waals surface area contributed by atoms with Gasteiger partial charge in [-0.05, 0) is 0 Å². The first-order valence-electron chi connectivity index (χ1n) is 2.60. The van der Waals surface area contributed by atoms with Crippen molar-refractivity contribution in [3.63, 3.8) is 0 Å². The van der Waals surface area contributed by atoms with E-state index >= 15 is 0 Å². The Morgan fingerprint density at radius 3 is 1.15 bits per heavy atom. The number of halogens is 8. The SMILES string of the molecule is O[C@H](C(F)(F)F)C(F)(F)C(F)(F)F. The van der Waals surface area contributed by atoms with Crippen LogP contribution in [0.1, 0.15) is 0 Å². The van der Waals surface area contributed by atoms with E-state index in [9.17, 15) is 35.1 Å². The van der Waals surface area contributed by atoms with Crippen molar-refractivity contribution in [2.24, 2.45) is 0 Å². The van der Waals surface area contributed by atoms with Crippen molar-refractivity contribution in [2.45, 2.75) is 24.4 Å². The number of aliphatic hydroxyl groups excluding tert-OH is 1. The molecule has 0 amide bonds. The Morgan fingerprint density at radius 1 is 0.769 bits per heavy atom. The van der Waals surface area contributed by atoms with E-state index in [2.05, 4.69) is 0 Å². The Hall–Kier alpha value is -0.600. The second kappa shape index (κ2) is 2.96. The molecule has 0 aliphatic carbocycles. The zero-order chi connectivity index (χ0) is 11.1. The van der Waals surface area contributed by atoms with Crippen molar-refractivity contribution in [3.05, 3.63) is 0 Å². The van der Waals surface area contributed by atoms with E-state index < -0.39 is 24.4 Å². The highest BCUT2D eigenvalue weighted by Gasteiger charge is 2.69. The average molecular weight is 218 g/mol. The largest absolute Gasteiger partial charge is 0.456 e. The number of alkyl halides is 8. The molecule has 1 N–H and O–H groups in total. The summed E-state index contributed by atoms with van der Waals surface area (Å²) in [6.45, 7) is 0. The lowest BCUT2D eigenvalue weighted by Gasteiger charge is -2.25. The minimum absolute atomic E-state index is 4.74. The average Bonchev–Trinajstić information content (AvgIpc) is 1.81. The maximum absolute atomic E-state index is 11.7. The molecule has 0 fully saturated rings. The van der Waals surface area contributed by atoms with E-state index in [-0.39, 0.29) is 0 Å². The molecule has 0 aliphatic heterocycles. The molecule has 0 spiro atoms. The summed E-state index contributed by atoms with van der Waals surface area (Å²) in [7, 11) is 0. The third kappa shape index (κ3) is 2.42. The third-order valence-electron chi connectivity index (χ3n) is 1.03. The summed E-state index contributed by atoms with van der Waals surface area (Å²) in [5.41, 5.74) is 0. The Bertz CT molecular complexity index is 178. The standard InChI is InChI=1S/C4H2F8O/c5-2(6,4(10,11)12)1(13)3(7,8)9/h1,13H/t1-/m0/s1. The summed E-state index contributed by atoms with van der Waals surface area (Å²) in [4.78, 5) is 0. The van der Waals surface area contributed by atoms with Crippen LogP contribution in [0.25, 0.3) is 0 Å². The second-order valence-electron chi connectivity index (χ2n) is 2.06. The normalized spacial score (nSPS) is 17.3. The molecule has 0 heterocycles. The van der Waals surface area contributed by atoms with Crippen molar-refractivity contribution >= 4 is 0 Å². The Morgan fingerprint density at radius 2 is 1.08 bits per heavy atom. The molecule has 0 aromatic heterocycles. The predicted octanol–water partition coefficient (Wildman–Crippen LogP) is 2.11. The second-order valence-corrected chi connectivity index (χ2v) is 2.06. The van der Waals surface area contributed by atoms with Crippen LogP contribution < -0.4 is 0 Å². The molecule has 0 aliphatic rings. The molecule has 0 bridgehead atoms. The third-order valence-corrected chi connectivity index (χ3v) is 1.03. The Labute approximate surface area is 66.0 Å². The zero-order valence-electron chi connectivity index (χ0n) is 5.55. The number of hydrogen-bond donors (Lipinski definition) is 1. The van der Waals surface area contributed by atoms with E-state index in [0.29, 0.717) is 0 Å². The number of hydrogen-bond acceptors (Lipinski definition) is 1. The van der Waals surface area contributed by atoms with Gasteiger partial charge in [0.05, 0.1) is 0 Å². The number of aliphatic hydroxyl groups is 1. The van der Waals surface area contributed by atoms with Gasteiger partial charge in [0.2, 0.25) is 6.10 Å². The fraction of sp³-hybridized carbons (Fsp3) is 1.00. The van der Waals surface area contributed by atoms with Crippen LogP contribution in [0.15, 0.2) is 0 Å². The minimum Gasteiger partial charge on any atom is -0.379 e. The fourth-order valence-corrected chi connectivity index (χ4v) is 0.361. The summed E-state index contributed by atoms with van der Waals surface area (Å²) in [5, 5.41) is 7.65. The lowest BCUT2D eigenvalue weighted by atomic mass is 10.2. The van der Waals surface area contributed by atoms with Crippen LogP contribution >= 0.6 is 0 Å². The van der Waals surface area contributed by atoms with Gasteiger partial charge in [-0.2, -0.15) is 35.1 Å². The van der Waals surface area contributed by atoms with E-state index in [0.717, 1.165) is 0 Å². The van der Waals surface area contributed by atoms with Crippen molar-refractivity contribution < 1.29 is 40.2 Å². The van der Waals surface area contributed by atoms with Gasteiger partial charge in [0, 0.05) is 0 Å². The molecule has 0 aromatic rings. The monoisotopic (exact) mass is 218 g/mol. The lowest BCUT2D eigenvalue weighted by molar-refractivity contribution is -0.359. The van der Waals surface area contributed by atoms with E-state index in [4.69, 9.17) is 5.11 Å². The molecule has 13 heavy (non-hydrogen) atoms. The van der Waals surface area contributed by atoms with Crippen LogP contribution in [0.5, 0.6) is 0 Å². The molecule has 0 saturated carbocycles. The van der Waals surface area contributed by atoms with Gasteiger partial charge in [-0.15, -0.1) is 0 Å². The molecule has 0 saturated heterocycles. The van der Waals surface area contributed by atoms with Gasteiger partial charge in [0.15, 0.2) is 0 Å². The Kier molecular flexibility index (Phi) is 2.83. The van der Waals surface area contributed by atoms with Gasteiger partial charge in [-0.25, -0.2) is 0 Å². The molecule has 9 heteroatoms. The highest BCUT2D eigenvalue weighted by molar-refractivity contribution is 4.88. The van der Waals surface area contributed by atoms with Crippen LogP contribution in [0.2, 0.25) is 0 Å². The van der Waals surface area contributed by atoms with Crippen molar-refractivity contribution in [3.8, 4) is 0 Å².